The number of likely N-dealkylation sites (tertiary alicyclic amines) is 1. The average molecular weight is 313 g/mol. The van der Waals surface area contributed by atoms with Gasteiger partial charge in [-0.25, -0.2) is 0 Å². The molecule has 1 atom stereocenters. The van der Waals surface area contributed by atoms with E-state index in [0.29, 0.717) is 12.5 Å². The molecule has 1 aliphatic rings. The van der Waals surface area contributed by atoms with Crippen molar-refractivity contribution in [2.75, 3.05) is 24.5 Å². The lowest BCUT2D eigenvalue weighted by atomic mass is 10.2. The van der Waals surface area contributed by atoms with E-state index in [2.05, 4.69) is 13.0 Å². The normalized spacial score (nSPS) is 16.9. The molecule has 0 spiro atoms. The zero-order chi connectivity index (χ0) is 16.7. The van der Waals surface area contributed by atoms with Gasteiger partial charge in [-0.3, -0.25) is 9.59 Å². The number of anilines is 1. The van der Waals surface area contributed by atoms with E-state index in [1.165, 1.54) is 0 Å². The predicted octanol–water partition coefficient (Wildman–Crippen LogP) is 2.58. The van der Waals surface area contributed by atoms with Crippen LogP contribution >= 0.6 is 0 Å². The maximum Gasteiger partial charge on any atom is 0.227 e. The van der Waals surface area contributed by atoms with Gasteiger partial charge in [0.05, 0.1) is 12.5 Å². The van der Waals surface area contributed by atoms with Crippen molar-refractivity contribution in [3.8, 4) is 6.07 Å². The van der Waals surface area contributed by atoms with Crippen LogP contribution in [0.4, 0.5) is 5.69 Å². The molecule has 0 aliphatic carbocycles. The molecule has 1 heterocycles. The molecule has 1 fully saturated rings. The van der Waals surface area contributed by atoms with E-state index in [-0.39, 0.29) is 31.1 Å². The summed E-state index contributed by atoms with van der Waals surface area (Å²) in [6, 6.07) is 11.4. The van der Waals surface area contributed by atoms with Crippen LogP contribution in [0.25, 0.3) is 0 Å². The Labute approximate surface area is 137 Å². The molecule has 1 aromatic rings. The number of para-hydroxylation sites is 1. The number of nitriles is 1. The first-order valence-corrected chi connectivity index (χ1v) is 8.12. The maximum atomic E-state index is 12.5. The van der Waals surface area contributed by atoms with Gasteiger partial charge in [0, 0.05) is 38.2 Å². The number of rotatable bonds is 6. The Balaban J connectivity index is 1.93. The van der Waals surface area contributed by atoms with Gasteiger partial charge in [-0.05, 0) is 24.5 Å². The summed E-state index contributed by atoms with van der Waals surface area (Å²) < 4.78 is 0. The quantitative estimate of drug-likeness (QED) is 0.811. The lowest BCUT2D eigenvalue weighted by molar-refractivity contribution is -0.132. The minimum Gasteiger partial charge on any atom is -0.342 e. The van der Waals surface area contributed by atoms with Gasteiger partial charge in [0.25, 0.3) is 0 Å². The summed E-state index contributed by atoms with van der Waals surface area (Å²) in [5.74, 6) is 0.495. The molecule has 2 amide bonds. The lowest BCUT2D eigenvalue weighted by Gasteiger charge is -2.22. The number of benzene rings is 1. The second-order valence-electron chi connectivity index (χ2n) is 6.02. The van der Waals surface area contributed by atoms with Crippen LogP contribution < -0.4 is 4.90 Å². The first kappa shape index (κ1) is 17.0. The third-order valence-electron chi connectivity index (χ3n) is 4.15. The predicted molar refractivity (Wildman–Crippen MR) is 88.6 cm³/mol. The van der Waals surface area contributed by atoms with Gasteiger partial charge in [-0.1, -0.05) is 25.1 Å². The largest absolute Gasteiger partial charge is 0.342 e. The van der Waals surface area contributed by atoms with Crippen molar-refractivity contribution in [1.29, 1.82) is 5.26 Å². The summed E-state index contributed by atoms with van der Waals surface area (Å²) in [6.07, 6.45) is 1.74. The second kappa shape index (κ2) is 8.33. The number of carbonyl (C=O) groups excluding carboxylic acids is 2. The van der Waals surface area contributed by atoms with Crippen molar-refractivity contribution in [2.45, 2.75) is 32.6 Å². The summed E-state index contributed by atoms with van der Waals surface area (Å²) >= 11 is 0. The Morgan fingerprint density at radius 1 is 1.30 bits per heavy atom. The maximum absolute atomic E-state index is 12.5. The number of carbonyl (C=O) groups is 2. The second-order valence-corrected chi connectivity index (χ2v) is 6.02. The third-order valence-corrected chi connectivity index (χ3v) is 4.15. The minimum atomic E-state index is -0.105. The van der Waals surface area contributed by atoms with Gasteiger partial charge in [-0.2, -0.15) is 5.26 Å². The molecule has 0 aromatic heterocycles. The van der Waals surface area contributed by atoms with Crippen molar-refractivity contribution >= 4 is 17.5 Å². The van der Waals surface area contributed by atoms with Crippen LogP contribution in [-0.2, 0) is 9.59 Å². The highest BCUT2D eigenvalue weighted by Crippen LogP contribution is 2.18. The Kier molecular flexibility index (Phi) is 6.16. The summed E-state index contributed by atoms with van der Waals surface area (Å²) in [4.78, 5) is 28.1. The highest BCUT2D eigenvalue weighted by atomic mass is 16.2. The van der Waals surface area contributed by atoms with Crippen LogP contribution in [0.2, 0.25) is 0 Å². The van der Waals surface area contributed by atoms with Gasteiger partial charge in [0.15, 0.2) is 0 Å². The van der Waals surface area contributed by atoms with E-state index in [9.17, 15) is 9.59 Å². The molecule has 23 heavy (non-hydrogen) atoms. The number of amides is 2. The minimum absolute atomic E-state index is 0.0518. The molecule has 1 aliphatic heterocycles. The standard InChI is InChI=1S/C18H23N3O2/c1-15-10-13-20(14-15)17(22)8-9-18(23)21(12-5-11-19)16-6-3-2-4-7-16/h2-4,6-7,15H,5,8-10,12-14H2,1H3. The van der Waals surface area contributed by atoms with E-state index in [4.69, 9.17) is 5.26 Å². The number of nitrogens with zero attached hydrogens (tertiary/aromatic N) is 3. The van der Waals surface area contributed by atoms with Crippen molar-refractivity contribution in [2.24, 2.45) is 5.92 Å². The molecule has 1 aromatic carbocycles. The van der Waals surface area contributed by atoms with Crippen molar-refractivity contribution in [1.82, 2.24) is 4.90 Å². The SMILES string of the molecule is CC1CCN(C(=O)CCC(=O)N(CCC#N)c2ccccc2)C1. The Bertz CT molecular complexity index is 580. The molecule has 0 N–H and O–H groups in total. The van der Waals surface area contributed by atoms with E-state index in [0.717, 1.165) is 25.2 Å². The molecule has 2 rings (SSSR count). The third kappa shape index (κ3) is 4.82. The summed E-state index contributed by atoms with van der Waals surface area (Å²) in [6.45, 7) is 4.08. The fourth-order valence-corrected chi connectivity index (χ4v) is 2.84. The zero-order valence-electron chi connectivity index (χ0n) is 13.6. The molecular formula is C18H23N3O2. The lowest BCUT2D eigenvalue weighted by Crippen LogP contribution is -2.34. The fraction of sp³-hybridized carbons (Fsp3) is 0.500. The van der Waals surface area contributed by atoms with Crippen molar-refractivity contribution in [3.05, 3.63) is 30.3 Å². The first-order chi connectivity index (χ1) is 11.1. The molecule has 1 saturated heterocycles. The van der Waals surface area contributed by atoms with Crippen LogP contribution in [0.5, 0.6) is 0 Å². The van der Waals surface area contributed by atoms with Crippen molar-refractivity contribution < 1.29 is 9.59 Å². The topological polar surface area (TPSA) is 64.4 Å². The highest BCUT2D eigenvalue weighted by molar-refractivity contribution is 5.95. The molecule has 122 valence electrons. The van der Waals surface area contributed by atoms with E-state index in [1.807, 2.05) is 35.2 Å². The van der Waals surface area contributed by atoms with Crippen LogP contribution in [-0.4, -0.2) is 36.3 Å². The van der Waals surface area contributed by atoms with Crippen LogP contribution in [0.3, 0.4) is 0 Å². The summed E-state index contributed by atoms with van der Waals surface area (Å²) in [5.41, 5.74) is 0.773. The van der Waals surface area contributed by atoms with Gasteiger partial charge in [0.2, 0.25) is 11.8 Å². The molecule has 0 bridgehead atoms. The smallest absolute Gasteiger partial charge is 0.227 e. The summed E-state index contributed by atoms with van der Waals surface area (Å²) in [5, 5.41) is 8.78. The first-order valence-electron chi connectivity index (χ1n) is 8.12. The van der Waals surface area contributed by atoms with Gasteiger partial charge in [-0.15, -0.1) is 0 Å². The van der Waals surface area contributed by atoms with E-state index < -0.39 is 0 Å². The van der Waals surface area contributed by atoms with Gasteiger partial charge in [0.1, 0.15) is 0 Å². The van der Waals surface area contributed by atoms with Crippen molar-refractivity contribution in [3.63, 3.8) is 0 Å². The molecule has 5 nitrogen and oxygen atoms in total. The van der Waals surface area contributed by atoms with E-state index in [1.54, 1.807) is 4.90 Å². The summed E-state index contributed by atoms with van der Waals surface area (Å²) in [7, 11) is 0. The van der Waals surface area contributed by atoms with Crippen LogP contribution in [0.1, 0.15) is 32.6 Å². The van der Waals surface area contributed by atoms with E-state index >= 15 is 0 Å². The zero-order valence-corrected chi connectivity index (χ0v) is 13.6. The number of hydrogen-bond donors (Lipinski definition) is 0. The average Bonchev–Trinajstić information content (AvgIpc) is 3.00. The Morgan fingerprint density at radius 3 is 2.65 bits per heavy atom. The molecule has 1 unspecified atom stereocenters. The molecule has 0 radical (unpaired) electrons. The molecule has 5 heteroatoms. The molecule has 0 saturated carbocycles. The number of hydrogen-bond acceptors (Lipinski definition) is 3. The molecular weight excluding hydrogens is 290 g/mol. The monoisotopic (exact) mass is 313 g/mol. The Morgan fingerprint density at radius 2 is 2.04 bits per heavy atom. The fourth-order valence-electron chi connectivity index (χ4n) is 2.84. The van der Waals surface area contributed by atoms with Crippen LogP contribution in [0, 0.1) is 17.2 Å². The van der Waals surface area contributed by atoms with Gasteiger partial charge >= 0.3 is 0 Å². The van der Waals surface area contributed by atoms with Crippen LogP contribution in [0.15, 0.2) is 30.3 Å². The Hall–Kier alpha value is -2.35. The van der Waals surface area contributed by atoms with Gasteiger partial charge < -0.3 is 9.80 Å². The highest BCUT2D eigenvalue weighted by Gasteiger charge is 2.24.